The minimum absolute atomic E-state index is 0.235. The van der Waals surface area contributed by atoms with Gasteiger partial charge in [-0.25, -0.2) is 4.98 Å². The van der Waals surface area contributed by atoms with Crippen molar-refractivity contribution >= 4 is 39.0 Å². The Labute approximate surface area is 132 Å². The van der Waals surface area contributed by atoms with Gasteiger partial charge in [-0.2, -0.15) is 0 Å². The molecule has 0 atom stereocenters. The molecule has 1 heterocycles. The summed E-state index contributed by atoms with van der Waals surface area (Å²) >= 11 is 3.38. The van der Waals surface area contributed by atoms with E-state index in [1.807, 2.05) is 32.0 Å². The average Bonchev–Trinajstić information content (AvgIpc) is 2.42. The van der Waals surface area contributed by atoms with E-state index in [1.165, 1.54) is 0 Å². The van der Waals surface area contributed by atoms with Crippen molar-refractivity contribution in [3.63, 3.8) is 0 Å². The van der Waals surface area contributed by atoms with Gasteiger partial charge in [0.05, 0.1) is 11.4 Å². The summed E-state index contributed by atoms with van der Waals surface area (Å²) in [5.74, 6) is 0.275. The minimum atomic E-state index is -0.235. The van der Waals surface area contributed by atoms with Gasteiger partial charge in [-0.15, -0.1) is 0 Å². The number of amides is 1. The Morgan fingerprint density at radius 1 is 1.33 bits per heavy atom. The lowest BCUT2D eigenvalue weighted by Crippen LogP contribution is -2.15. The highest BCUT2D eigenvalue weighted by Crippen LogP contribution is 2.23. The van der Waals surface area contributed by atoms with Gasteiger partial charge in [-0.05, 0) is 52.7 Å². The van der Waals surface area contributed by atoms with Crippen molar-refractivity contribution in [2.24, 2.45) is 0 Å². The second-order valence-corrected chi connectivity index (χ2v) is 5.80. The van der Waals surface area contributed by atoms with Gasteiger partial charge in [0.25, 0.3) is 5.91 Å². The summed E-state index contributed by atoms with van der Waals surface area (Å²) in [6, 6.07) is 7.03. The number of aromatic nitrogens is 1. The molecule has 1 amide bonds. The SMILES string of the molecule is Cc1cc(NC(=O)c2ccc(N(C)C)c(N)c2)ncc1Br. The van der Waals surface area contributed by atoms with Crippen LogP contribution >= 0.6 is 15.9 Å². The van der Waals surface area contributed by atoms with E-state index < -0.39 is 0 Å². The number of pyridine rings is 1. The molecule has 0 fully saturated rings. The van der Waals surface area contributed by atoms with E-state index in [4.69, 9.17) is 5.73 Å². The Morgan fingerprint density at radius 2 is 2.05 bits per heavy atom. The number of nitrogens with zero attached hydrogens (tertiary/aromatic N) is 2. The summed E-state index contributed by atoms with van der Waals surface area (Å²) in [4.78, 5) is 18.3. The first-order chi connectivity index (χ1) is 9.88. The van der Waals surface area contributed by atoms with Gasteiger partial charge < -0.3 is 16.0 Å². The fourth-order valence-corrected chi connectivity index (χ4v) is 2.12. The lowest BCUT2D eigenvalue weighted by molar-refractivity contribution is 0.102. The minimum Gasteiger partial charge on any atom is -0.397 e. The Hall–Kier alpha value is -2.08. The van der Waals surface area contributed by atoms with Crippen LogP contribution in [0.1, 0.15) is 15.9 Å². The van der Waals surface area contributed by atoms with Gasteiger partial charge in [-0.3, -0.25) is 4.79 Å². The van der Waals surface area contributed by atoms with E-state index in [1.54, 1.807) is 24.4 Å². The molecule has 1 aromatic carbocycles. The highest BCUT2D eigenvalue weighted by Gasteiger charge is 2.10. The maximum absolute atomic E-state index is 12.2. The number of aryl methyl sites for hydroxylation is 1. The quantitative estimate of drug-likeness (QED) is 0.836. The predicted octanol–water partition coefficient (Wildman–Crippen LogP) is 3.05. The van der Waals surface area contributed by atoms with Gasteiger partial charge in [0.2, 0.25) is 0 Å². The number of rotatable bonds is 3. The number of hydrogen-bond donors (Lipinski definition) is 2. The molecule has 0 spiro atoms. The zero-order valence-corrected chi connectivity index (χ0v) is 13.7. The zero-order chi connectivity index (χ0) is 15.6. The summed E-state index contributed by atoms with van der Waals surface area (Å²) in [6.07, 6.45) is 1.66. The van der Waals surface area contributed by atoms with Crippen molar-refractivity contribution in [2.75, 3.05) is 30.0 Å². The van der Waals surface area contributed by atoms with Crippen LogP contribution in [0.25, 0.3) is 0 Å². The number of nitrogens with one attached hydrogen (secondary N) is 1. The highest BCUT2D eigenvalue weighted by molar-refractivity contribution is 9.10. The Morgan fingerprint density at radius 3 is 2.62 bits per heavy atom. The van der Waals surface area contributed by atoms with Crippen LogP contribution in [0, 0.1) is 6.92 Å². The first-order valence-electron chi connectivity index (χ1n) is 6.39. The summed E-state index contributed by atoms with van der Waals surface area (Å²) in [6.45, 7) is 1.94. The molecule has 1 aromatic heterocycles. The normalized spacial score (nSPS) is 10.3. The lowest BCUT2D eigenvalue weighted by atomic mass is 10.1. The molecule has 0 unspecified atom stereocenters. The third-order valence-electron chi connectivity index (χ3n) is 3.06. The van der Waals surface area contributed by atoms with Crippen molar-refractivity contribution in [3.8, 4) is 0 Å². The molecule has 0 saturated carbocycles. The van der Waals surface area contributed by atoms with Gasteiger partial charge in [-0.1, -0.05) is 0 Å². The van der Waals surface area contributed by atoms with Crippen LogP contribution in [0.3, 0.4) is 0 Å². The van der Waals surface area contributed by atoms with Gasteiger partial charge in [0.15, 0.2) is 0 Å². The molecule has 0 aliphatic rings. The highest BCUT2D eigenvalue weighted by atomic mass is 79.9. The van der Waals surface area contributed by atoms with Crippen molar-refractivity contribution < 1.29 is 4.79 Å². The maximum atomic E-state index is 12.2. The third-order valence-corrected chi connectivity index (χ3v) is 3.89. The Balaban J connectivity index is 2.20. The van der Waals surface area contributed by atoms with E-state index in [9.17, 15) is 4.79 Å². The second-order valence-electron chi connectivity index (χ2n) is 4.94. The molecule has 21 heavy (non-hydrogen) atoms. The van der Waals surface area contributed by atoms with E-state index in [0.29, 0.717) is 17.1 Å². The average molecular weight is 349 g/mol. The molecular formula is C15H17BrN4O. The van der Waals surface area contributed by atoms with E-state index >= 15 is 0 Å². The van der Waals surface area contributed by atoms with Crippen LogP contribution < -0.4 is 16.0 Å². The molecule has 3 N–H and O–H groups in total. The Kier molecular flexibility index (Phi) is 4.47. The molecule has 2 aromatic rings. The molecule has 2 rings (SSSR count). The summed E-state index contributed by atoms with van der Waals surface area (Å²) in [5, 5.41) is 2.76. The summed E-state index contributed by atoms with van der Waals surface area (Å²) in [7, 11) is 3.81. The number of hydrogen-bond acceptors (Lipinski definition) is 4. The van der Waals surface area contributed by atoms with Crippen molar-refractivity contribution in [1.29, 1.82) is 0 Å². The molecule has 0 aliphatic carbocycles. The monoisotopic (exact) mass is 348 g/mol. The number of anilines is 3. The smallest absolute Gasteiger partial charge is 0.256 e. The molecule has 0 bridgehead atoms. The molecule has 0 aliphatic heterocycles. The summed E-state index contributed by atoms with van der Waals surface area (Å²) in [5.41, 5.74) is 8.90. The number of carbonyl (C=O) groups is 1. The van der Waals surface area contributed by atoms with Crippen LogP contribution in [0.4, 0.5) is 17.2 Å². The molecule has 5 nitrogen and oxygen atoms in total. The predicted molar refractivity (Wildman–Crippen MR) is 89.8 cm³/mol. The fourth-order valence-electron chi connectivity index (χ4n) is 1.90. The first kappa shape index (κ1) is 15.3. The van der Waals surface area contributed by atoms with E-state index in [-0.39, 0.29) is 5.91 Å². The molecular weight excluding hydrogens is 332 g/mol. The van der Waals surface area contributed by atoms with Gasteiger partial charge in [0.1, 0.15) is 5.82 Å². The van der Waals surface area contributed by atoms with Crippen LogP contribution in [0.15, 0.2) is 34.9 Å². The zero-order valence-electron chi connectivity index (χ0n) is 12.1. The molecule has 0 radical (unpaired) electrons. The summed E-state index contributed by atoms with van der Waals surface area (Å²) < 4.78 is 0.903. The third kappa shape index (κ3) is 3.52. The van der Waals surface area contributed by atoms with Gasteiger partial charge in [0, 0.05) is 30.3 Å². The number of benzene rings is 1. The lowest BCUT2D eigenvalue weighted by Gasteiger charge is -2.15. The van der Waals surface area contributed by atoms with Crippen molar-refractivity contribution in [1.82, 2.24) is 4.98 Å². The maximum Gasteiger partial charge on any atom is 0.256 e. The van der Waals surface area contributed by atoms with Crippen molar-refractivity contribution in [2.45, 2.75) is 6.92 Å². The van der Waals surface area contributed by atoms with Crippen LogP contribution in [0.5, 0.6) is 0 Å². The topological polar surface area (TPSA) is 71.2 Å². The Bertz CT molecular complexity index is 685. The number of nitrogen functional groups attached to an aromatic ring is 1. The molecule has 6 heteroatoms. The van der Waals surface area contributed by atoms with Gasteiger partial charge >= 0.3 is 0 Å². The molecule has 0 saturated heterocycles. The van der Waals surface area contributed by atoms with Crippen LogP contribution in [-0.4, -0.2) is 25.0 Å². The molecule has 110 valence electrons. The van der Waals surface area contributed by atoms with Crippen LogP contribution in [-0.2, 0) is 0 Å². The standard InChI is InChI=1S/C15H17BrN4O/c1-9-6-14(18-8-11(9)16)19-15(21)10-4-5-13(20(2)3)12(17)7-10/h4-8H,17H2,1-3H3,(H,18,19,21). The number of halogens is 1. The largest absolute Gasteiger partial charge is 0.397 e. The van der Waals surface area contributed by atoms with E-state index in [2.05, 4.69) is 26.2 Å². The van der Waals surface area contributed by atoms with Crippen molar-refractivity contribution in [3.05, 3.63) is 46.1 Å². The second kappa shape index (κ2) is 6.13. The van der Waals surface area contributed by atoms with Crippen LogP contribution in [0.2, 0.25) is 0 Å². The fraction of sp³-hybridized carbons (Fsp3) is 0.200. The van der Waals surface area contributed by atoms with E-state index in [0.717, 1.165) is 15.7 Å². The number of nitrogens with two attached hydrogens (primary N) is 1. The number of carbonyl (C=O) groups excluding carboxylic acids is 1. The first-order valence-corrected chi connectivity index (χ1v) is 7.18.